The van der Waals surface area contributed by atoms with E-state index in [4.69, 9.17) is 5.73 Å². The van der Waals surface area contributed by atoms with Crippen molar-refractivity contribution in [2.45, 2.75) is 20.0 Å². The predicted molar refractivity (Wildman–Crippen MR) is 68.2 cm³/mol. The third-order valence-corrected chi connectivity index (χ3v) is 3.52. The Hall–Kier alpha value is -1.46. The summed E-state index contributed by atoms with van der Waals surface area (Å²) < 4.78 is 13.2. The second-order valence-electron chi connectivity index (χ2n) is 3.78. The first kappa shape index (κ1) is 12.0. The van der Waals surface area contributed by atoms with Gasteiger partial charge in [-0.3, -0.25) is 0 Å². The summed E-state index contributed by atoms with van der Waals surface area (Å²) in [6, 6.07) is 4.86. The van der Waals surface area contributed by atoms with Gasteiger partial charge >= 0.3 is 0 Å². The molecule has 0 radical (unpaired) electrons. The normalized spacial score (nSPS) is 10.7. The Bertz CT molecular complexity index is 510. The fraction of sp³-hybridized carbons (Fsp3) is 0.250. The number of nitrogens with one attached hydrogen (secondary N) is 1. The molecule has 0 saturated carbocycles. The summed E-state index contributed by atoms with van der Waals surface area (Å²) in [5.41, 5.74) is 9.51. The lowest BCUT2D eigenvalue weighted by Crippen LogP contribution is -2.14. The Kier molecular flexibility index (Phi) is 3.71. The summed E-state index contributed by atoms with van der Waals surface area (Å²) in [6.07, 6.45) is 0. The highest BCUT2D eigenvalue weighted by molar-refractivity contribution is 7.09. The third kappa shape index (κ3) is 2.81. The number of aryl methyl sites for hydroxylation is 1. The number of anilines is 1. The van der Waals surface area contributed by atoms with E-state index in [1.54, 1.807) is 17.4 Å². The lowest BCUT2D eigenvalue weighted by molar-refractivity contribution is 0.626. The van der Waals surface area contributed by atoms with Gasteiger partial charge in [-0.05, 0) is 18.6 Å². The van der Waals surface area contributed by atoms with E-state index in [0.717, 1.165) is 17.8 Å². The van der Waals surface area contributed by atoms with E-state index in [-0.39, 0.29) is 11.5 Å². The minimum absolute atomic E-state index is 0.223. The summed E-state index contributed by atoms with van der Waals surface area (Å²) in [4.78, 5) is 5.36. The van der Waals surface area contributed by atoms with Crippen LogP contribution < -0.4 is 11.1 Å². The summed E-state index contributed by atoms with van der Waals surface area (Å²) in [6.45, 7) is 3.26. The number of aromatic nitrogens is 1. The van der Waals surface area contributed by atoms with Crippen LogP contribution in [0.1, 0.15) is 16.1 Å². The van der Waals surface area contributed by atoms with Crippen LogP contribution in [0.15, 0.2) is 23.7 Å². The maximum Gasteiger partial charge on any atom is 0.146 e. The molecule has 5 heteroatoms. The van der Waals surface area contributed by atoms with Crippen molar-refractivity contribution < 1.29 is 4.39 Å². The average Bonchev–Trinajstić information content (AvgIpc) is 2.71. The predicted octanol–water partition coefficient (Wildman–Crippen LogP) is 2.46. The molecule has 0 bridgehead atoms. The first-order valence-corrected chi connectivity index (χ1v) is 6.19. The molecule has 0 atom stereocenters. The standard InChI is InChI=1S/C12H14FN3S/c1-8-11(17-7-16-8)6-15-5-9-3-2-4-10(13)12(9)14/h2-4,7,15H,5-6,14H2,1H3. The van der Waals surface area contributed by atoms with Crippen LogP contribution in [0.5, 0.6) is 0 Å². The number of nitrogen functional groups attached to an aromatic ring is 1. The van der Waals surface area contributed by atoms with E-state index < -0.39 is 0 Å². The van der Waals surface area contributed by atoms with E-state index >= 15 is 0 Å². The van der Waals surface area contributed by atoms with Crippen molar-refractivity contribution in [3.8, 4) is 0 Å². The average molecular weight is 251 g/mol. The molecule has 1 aromatic carbocycles. The van der Waals surface area contributed by atoms with Crippen molar-refractivity contribution >= 4 is 17.0 Å². The summed E-state index contributed by atoms with van der Waals surface area (Å²) in [5, 5.41) is 3.24. The number of hydrogen-bond donors (Lipinski definition) is 2. The quantitative estimate of drug-likeness (QED) is 0.821. The van der Waals surface area contributed by atoms with Crippen molar-refractivity contribution in [3.63, 3.8) is 0 Å². The van der Waals surface area contributed by atoms with Gasteiger partial charge in [0.1, 0.15) is 5.82 Å². The van der Waals surface area contributed by atoms with Gasteiger partial charge in [0, 0.05) is 18.0 Å². The summed E-state index contributed by atoms with van der Waals surface area (Å²) in [5.74, 6) is -0.363. The van der Waals surface area contributed by atoms with Crippen LogP contribution in [0.4, 0.5) is 10.1 Å². The van der Waals surface area contributed by atoms with E-state index in [1.807, 2.05) is 18.5 Å². The number of benzene rings is 1. The molecule has 90 valence electrons. The molecular weight excluding hydrogens is 237 g/mol. The largest absolute Gasteiger partial charge is 0.396 e. The van der Waals surface area contributed by atoms with Crippen LogP contribution in [0.2, 0.25) is 0 Å². The highest BCUT2D eigenvalue weighted by Gasteiger charge is 2.05. The van der Waals surface area contributed by atoms with Crippen molar-refractivity contribution in [1.82, 2.24) is 10.3 Å². The van der Waals surface area contributed by atoms with Gasteiger partial charge in [0.15, 0.2) is 0 Å². The molecule has 3 N–H and O–H groups in total. The number of nitrogens with two attached hydrogens (primary N) is 1. The van der Waals surface area contributed by atoms with Crippen molar-refractivity contribution in [2.24, 2.45) is 0 Å². The number of thiazole rings is 1. The molecular formula is C12H14FN3S. The van der Waals surface area contributed by atoms with E-state index in [2.05, 4.69) is 10.3 Å². The zero-order valence-electron chi connectivity index (χ0n) is 9.53. The van der Waals surface area contributed by atoms with Crippen LogP contribution in [0.25, 0.3) is 0 Å². The molecule has 1 aromatic heterocycles. The zero-order chi connectivity index (χ0) is 12.3. The van der Waals surface area contributed by atoms with Crippen molar-refractivity contribution in [1.29, 1.82) is 0 Å². The topological polar surface area (TPSA) is 50.9 Å². The molecule has 0 saturated heterocycles. The molecule has 0 amide bonds. The van der Waals surface area contributed by atoms with Crippen molar-refractivity contribution in [3.05, 3.63) is 45.7 Å². The SMILES string of the molecule is Cc1ncsc1CNCc1cccc(F)c1N. The summed E-state index contributed by atoms with van der Waals surface area (Å²) in [7, 11) is 0. The van der Waals surface area contributed by atoms with E-state index in [9.17, 15) is 4.39 Å². The summed E-state index contributed by atoms with van der Waals surface area (Å²) >= 11 is 1.61. The lowest BCUT2D eigenvalue weighted by Gasteiger charge is -2.07. The molecule has 0 aliphatic rings. The molecule has 0 aliphatic heterocycles. The molecule has 0 unspecified atom stereocenters. The monoisotopic (exact) mass is 251 g/mol. The van der Waals surface area contributed by atoms with Gasteiger partial charge in [-0.1, -0.05) is 12.1 Å². The second-order valence-corrected chi connectivity index (χ2v) is 4.72. The minimum Gasteiger partial charge on any atom is -0.396 e. The van der Waals surface area contributed by atoms with Gasteiger partial charge < -0.3 is 11.1 Å². The molecule has 2 aromatic rings. The van der Waals surface area contributed by atoms with Crippen LogP contribution in [-0.4, -0.2) is 4.98 Å². The highest BCUT2D eigenvalue weighted by Crippen LogP contribution is 2.16. The molecule has 0 spiro atoms. The number of rotatable bonds is 4. The number of para-hydroxylation sites is 1. The maximum atomic E-state index is 13.2. The molecule has 0 aliphatic carbocycles. The molecule has 1 heterocycles. The lowest BCUT2D eigenvalue weighted by atomic mass is 10.1. The van der Waals surface area contributed by atoms with Gasteiger partial charge in [0.2, 0.25) is 0 Å². The molecule has 3 nitrogen and oxygen atoms in total. The molecule has 17 heavy (non-hydrogen) atoms. The maximum absolute atomic E-state index is 13.2. The zero-order valence-corrected chi connectivity index (χ0v) is 10.4. The van der Waals surface area contributed by atoms with Crippen molar-refractivity contribution in [2.75, 3.05) is 5.73 Å². The Morgan fingerprint density at radius 1 is 1.41 bits per heavy atom. The van der Waals surface area contributed by atoms with Crippen LogP contribution in [0.3, 0.4) is 0 Å². The first-order valence-electron chi connectivity index (χ1n) is 5.31. The number of hydrogen-bond acceptors (Lipinski definition) is 4. The smallest absolute Gasteiger partial charge is 0.146 e. The second kappa shape index (κ2) is 5.25. The van der Waals surface area contributed by atoms with Crippen LogP contribution in [0, 0.1) is 12.7 Å². The van der Waals surface area contributed by atoms with Gasteiger partial charge in [0.25, 0.3) is 0 Å². The first-order chi connectivity index (χ1) is 8.18. The highest BCUT2D eigenvalue weighted by atomic mass is 32.1. The number of nitrogens with zero attached hydrogens (tertiary/aromatic N) is 1. The van der Waals surface area contributed by atoms with Crippen LogP contribution >= 0.6 is 11.3 Å². The Morgan fingerprint density at radius 2 is 2.24 bits per heavy atom. The van der Waals surface area contributed by atoms with E-state index in [0.29, 0.717) is 6.54 Å². The Labute approximate surface area is 103 Å². The third-order valence-electron chi connectivity index (χ3n) is 2.59. The Morgan fingerprint density at radius 3 is 2.94 bits per heavy atom. The molecule has 2 rings (SSSR count). The van der Waals surface area contributed by atoms with Gasteiger partial charge in [-0.2, -0.15) is 0 Å². The van der Waals surface area contributed by atoms with Crippen LogP contribution in [-0.2, 0) is 13.1 Å². The van der Waals surface area contributed by atoms with Gasteiger partial charge in [-0.25, -0.2) is 9.37 Å². The van der Waals surface area contributed by atoms with Gasteiger partial charge in [0.05, 0.1) is 16.9 Å². The van der Waals surface area contributed by atoms with Gasteiger partial charge in [-0.15, -0.1) is 11.3 Å². The minimum atomic E-state index is -0.363. The Balaban J connectivity index is 1.95. The fourth-order valence-corrected chi connectivity index (χ4v) is 2.29. The molecule has 0 fully saturated rings. The van der Waals surface area contributed by atoms with E-state index in [1.165, 1.54) is 10.9 Å². The number of halogens is 1. The fourth-order valence-electron chi connectivity index (χ4n) is 1.54.